The molecule has 0 atom stereocenters. The number of nitro groups is 1. The molecule has 1 saturated heterocycles. The minimum atomic E-state index is -3.69. The lowest BCUT2D eigenvalue weighted by Gasteiger charge is -2.33. The van der Waals surface area contributed by atoms with Gasteiger partial charge in [0, 0.05) is 38.3 Å². The zero-order valence-corrected chi connectivity index (χ0v) is 13.5. The molecule has 0 amide bonds. The van der Waals surface area contributed by atoms with Crippen LogP contribution in [0, 0.1) is 10.1 Å². The van der Waals surface area contributed by atoms with E-state index in [2.05, 4.69) is 4.90 Å². The van der Waals surface area contributed by atoms with Crippen molar-refractivity contribution < 1.29 is 13.3 Å². The Morgan fingerprint density at radius 1 is 1.29 bits per heavy atom. The van der Waals surface area contributed by atoms with Crippen molar-refractivity contribution in [2.24, 2.45) is 0 Å². The van der Waals surface area contributed by atoms with Crippen LogP contribution in [0.3, 0.4) is 0 Å². The average Bonchev–Trinajstić information content (AvgIpc) is 3.21. The Morgan fingerprint density at radius 2 is 1.90 bits per heavy atom. The van der Waals surface area contributed by atoms with E-state index in [4.69, 9.17) is 11.6 Å². The number of piperazine rings is 1. The summed E-state index contributed by atoms with van der Waals surface area (Å²) in [4.78, 5) is 12.4. The maximum Gasteiger partial charge on any atom is 0.300 e. The van der Waals surface area contributed by atoms with E-state index >= 15 is 0 Å². The van der Waals surface area contributed by atoms with Gasteiger partial charge in [0.15, 0.2) is 4.34 Å². The molecular formula is C11H14ClN3O4S2. The summed E-state index contributed by atoms with van der Waals surface area (Å²) in [5, 5.41) is 10.8. The smallest absolute Gasteiger partial charge is 0.298 e. The molecule has 3 rings (SSSR count). The van der Waals surface area contributed by atoms with Gasteiger partial charge in [-0.25, -0.2) is 8.42 Å². The van der Waals surface area contributed by atoms with Crippen LogP contribution in [0.5, 0.6) is 0 Å². The molecule has 2 aliphatic rings. The van der Waals surface area contributed by atoms with Gasteiger partial charge in [-0.3, -0.25) is 15.0 Å². The summed E-state index contributed by atoms with van der Waals surface area (Å²) >= 11 is 6.49. The highest BCUT2D eigenvalue weighted by Gasteiger charge is 2.36. The Balaban J connectivity index is 1.77. The standard InChI is InChI=1S/C11H14ClN3O4S2/c12-11-9(15(16)17)7-10(20-11)21(18,19)14-5-3-13(4-6-14)8-1-2-8/h7-8H,1-6H2. The van der Waals surface area contributed by atoms with E-state index in [9.17, 15) is 18.5 Å². The lowest BCUT2D eigenvalue weighted by Crippen LogP contribution is -2.49. The Kier molecular flexibility index (Phi) is 3.95. The van der Waals surface area contributed by atoms with Crippen molar-refractivity contribution in [1.29, 1.82) is 0 Å². The number of rotatable bonds is 4. The zero-order valence-electron chi connectivity index (χ0n) is 11.1. The van der Waals surface area contributed by atoms with Gasteiger partial charge in [0.1, 0.15) is 4.21 Å². The summed E-state index contributed by atoms with van der Waals surface area (Å²) in [5.74, 6) is 0. The molecule has 0 N–H and O–H groups in total. The third-order valence-electron chi connectivity index (χ3n) is 3.77. The Bertz CT molecular complexity index is 663. The van der Waals surface area contributed by atoms with Crippen LogP contribution >= 0.6 is 22.9 Å². The molecule has 10 heteroatoms. The highest BCUT2D eigenvalue weighted by Crippen LogP contribution is 2.38. The molecular weight excluding hydrogens is 338 g/mol. The fourth-order valence-electron chi connectivity index (χ4n) is 2.47. The van der Waals surface area contributed by atoms with Crippen LogP contribution < -0.4 is 0 Å². The Labute approximate surface area is 131 Å². The predicted molar refractivity (Wildman–Crippen MR) is 79.3 cm³/mol. The van der Waals surface area contributed by atoms with Gasteiger partial charge in [0.25, 0.3) is 15.7 Å². The van der Waals surface area contributed by atoms with Gasteiger partial charge in [0.2, 0.25) is 0 Å². The van der Waals surface area contributed by atoms with E-state index in [0.29, 0.717) is 32.2 Å². The van der Waals surface area contributed by atoms with Crippen molar-refractivity contribution in [3.63, 3.8) is 0 Å². The van der Waals surface area contributed by atoms with E-state index < -0.39 is 14.9 Å². The van der Waals surface area contributed by atoms with E-state index in [-0.39, 0.29) is 14.2 Å². The summed E-state index contributed by atoms with van der Waals surface area (Å²) in [6.07, 6.45) is 2.39. The van der Waals surface area contributed by atoms with E-state index in [1.165, 1.54) is 17.1 Å². The molecule has 0 bridgehead atoms. The molecule has 21 heavy (non-hydrogen) atoms. The summed E-state index contributed by atoms with van der Waals surface area (Å²) in [7, 11) is -3.69. The van der Waals surface area contributed by atoms with Crippen LogP contribution in [0.1, 0.15) is 12.8 Å². The second-order valence-electron chi connectivity index (χ2n) is 5.15. The van der Waals surface area contributed by atoms with Gasteiger partial charge in [-0.1, -0.05) is 11.6 Å². The molecule has 1 aliphatic heterocycles. The quantitative estimate of drug-likeness (QED) is 0.610. The molecule has 0 spiro atoms. The van der Waals surface area contributed by atoms with Crippen LogP contribution in [-0.4, -0.2) is 54.8 Å². The molecule has 1 aromatic heterocycles. The molecule has 0 aromatic carbocycles. The number of halogens is 1. The fourth-order valence-corrected chi connectivity index (χ4v) is 5.71. The van der Waals surface area contributed by atoms with Crippen LogP contribution in [0.2, 0.25) is 4.34 Å². The number of sulfonamides is 1. The first kappa shape index (κ1) is 15.2. The first-order valence-electron chi connectivity index (χ1n) is 6.57. The highest BCUT2D eigenvalue weighted by molar-refractivity contribution is 7.91. The van der Waals surface area contributed by atoms with Crippen molar-refractivity contribution in [3.8, 4) is 0 Å². The molecule has 2 heterocycles. The van der Waals surface area contributed by atoms with Crippen LogP contribution in [-0.2, 0) is 10.0 Å². The third kappa shape index (κ3) is 2.93. The van der Waals surface area contributed by atoms with Crippen molar-refractivity contribution in [3.05, 3.63) is 20.5 Å². The van der Waals surface area contributed by atoms with Gasteiger partial charge in [-0.05, 0) is 12.8 Å². The number of hydrogen-bond acceptors (Lipinski definition) is 6. The molecule has 1 aromatic rings. The largest absolute Gasteiger partial charge is 0.300 e. The SMILES string of the molecule is O=[N+]([O-])c1cc(S(=O)(=O)N2CCN(C3CC3)CC2)sc1Cl. The summed E-state index contributed by atoms with van der Waals surface area (Å²) in [5.41, 5.74) is -0.350. The average molecular weight is 352 g/mol. The minimum absolute atomic E-state index is 0.0564. The highest BCUT2D eigenvalue weighted by atomic mass is 35.5. The second-order valence-corrected chi connectivity index (χ2v) is 8.97. The molecule has 1 saturated carbocycles. The zero-order chi connectivity index (χ0) is 15.2. The lowest BCUT2D eigenvalue weighted by molar-refractivity contribution is -0.384. The molecule has 0 unspecified atom stereocenters. The minimum Gasteiger partial charge on any atom is -0.298 e. The fraction of sp³-hybridized carbons (Fsp3) is 0.636. The molecule has 1 aliphatic carbocycles. The van der Waals surface area contributed by atoms with Gasteiger partial charge >= 0.3 is 0 Å². The summed E-state index contributed by atoms with van der Waals surface area (Å²) in [6, 6.07) is 1.67. The van der Waals surface area contributed by atoms with Gasteiger partial charge < -0.3 is 0 Å². The van der Waals surface area contributed by atoms with Gasteiger partial charge in [-0.2, -0.15) is 4.31 Å². The van der Waals surface area contributed by atoms with Crippen LogP contribution in [0.25, 0.3) is 0 Å². The van der Waals surface area contributed by atoms with Crippen molar-refractivity contribution in [2.75, 3.05) is 26.2 Å². The van der Waals surface area contributed by atoms with Crippen molar-refractivity contribution in [1.82, 2.24) is 9.21 Å². The number of nitrogens with zero attached hydrogens (tertiary/aromatic N) is 3. The lowest BCUT2D eigenvalue weighted by atomic mass is 10.3. The van der Waals surface area contributed by atoms with Crippen molar-refractivity contribution in [2.45, 2.75) is 23.1 Å². The molecule has 0 radical (unpaired) electrons. The van der Waals surface area contributed by atoms with Gasteiger partial charge in [0.05, 0.1) is 4.92 Å². The van der Waals surface area contributed by atoms with E-state index in [1.54, 1.807) is 0 Å². The number of thiophene rings is 1. The first-order chi connectivity index (χ1) is 9.89. The van der Waals surface area contributed by atoms with Crippen molar-refractivity contribution >= 4 is 38.6 Å². The maximum absolute atomic E-state index is 12.5. The summed E-state index contributed by atoms with van der Waals surface area (Å²) in [6.45, 7) is 2.26. The molecule has 7 nitrogen and oxygen atoms in total. The molecule has 116 valence electrons. The van der Waals surface area contributed by atoms with Crippen LogP contribution in [0.4, 0.5) is 5.69 Å². The third-order valence-corrected chi connectivity index (χ3v) is 7.46. The number of hydrogen-bond donors (Lipinski definition) is 0. The maximum atomic E-state index is 12.5. The van der Waals surface area contributed by atoms with Gasteiger partial charge in [-0.15, -0.1) is 11.3 Å². The van der Waals surface area contributed by atoms with E-state index in [1.807, 2.05) is 0 Å². The van der Waals surface area contributed by atoms with Crippen LogP contribution in [0.15, 0.2) is 10.3 Å². The topological polar surface area (TPSA) is 83.8 Å². The monoisotopic (exact) mass is 351 g/mol. The normalized spacial score (nSPS) is 21.6. The second kappa shape index (κ2) is 5.47. The predicted octanol–water partition coefficient (Wildman–Crippen LogP) is 1.78. The Morgan fingerprint density at radius 3 is 2.38 bits per heavy atom. The Hall–Kier alpha value is -0.740. The first-order valence-corrected chi connectivity index (χ1v) is 9.21. The van der Waals surface area contributed by atoms with E-state index in [0.717, 1.165) is 17.4 Å². The molecule has 2 fully saturated rings. The summed E-state index contributed by atoms with van der Waals surface area (Å²) < 4.78 is 26.2.